The zero-order chi connectivity index (χ0) is 15.5. The second-order valence-electron chi connectivity index (χ2n) is 4.02. The maximum absolute atomic E-state index is 12.8. The summed E-state index contributed by atoms with van der Waals surface area (Å²) in [6.45, 7) is 0. The average molecular weight is 311 g/mol. The third-order valence-electron chi connectivity index (χ3n) is 2.57. The minimum Gasteiger partial charge on any atom is -0.373 e. The summed E-state index contributed by atoms with van der Waals surface area (Å²) < 4.78 is 39.5. The molecule has 1 aromatic carbocycles. The van der Waals surface area contributed by atoms with Gasteiger partial charge in [0.1, 0.15) is 17.5 Å². The van der Waals surface area contributed by atoms with Gasteiger partial charge < -0.3 is 10.6 Å². The van der Waals surface area contributed by atoms with Crippen molar-refractivity contribution in [1.29, 1.82) is 0 Å². The number of sulfonamides is 1. The van der Waals surface area contributed by atoms with Crippen LogP contribution in [0.5, 0.6) is 0 Å². The van der Waals surface area contributed by atoms with Crippen LogP contribution in [0.1, 0.15) is 0 Å². The highest BCUT2D eigenvalue weighted by molar-refractivity contribution is 7.92. The molecule has 21 heavy (non-hydrogen) atoms. The quantitative estimate of drug-likeness (QED) is 0.774. The summed E-state index contributed by atoms with van der Waals surface area (Å²) >= 11 is 0. The lowest BCUT2D eigenvalue weighted by molar-refractivity contribution is 0.599. The van der Waals surface area contributed by atoms with Gasteiger partial charge in [-0.3, -0.25) is 4.72 Å². The largest absolute Gasteiger partial charge is 0.373 e. The molecule has 1 heterocycles. The molecule has 0 aliphatic heterocycles. The molecule has 0 unspecified atom stereocenters. The van der Waals surface area contributed by atoms with Crippen molar-refractivity contribution in [3.8, 4) is 0 Å². The number of rotatable bonds is 5. The molecule has 0 bridgehead atoms. The predicted molar refractivity (Wildman–Crippen MR) is 78.3 cm³/mol. The minimum atomic E-state index is -3.84. The average Bonchev–Trinajstić information content (AvgIpc) is 2.46. The van der Waals surface area contributed by atoms with Crippen LogP contribution in [0.3, 0.4) is 0 Å². The second-order valence-corrected chi connectivity index (χ2v) is 5.70. The summed E-state index contributed by atoms with van der Waals surface area (Å²) in [5.74, 6) is 0.304. The Morgan fingerprint density at radius 3 is 2.19 bits per heavy atom. The molecule has 0 atom stereocenters. The van der Waals surface area contributed by atoms with Crippen molar-refractivity contribution in [3.05, 3.63) is 36.1 Å². The van der Waals surface area contributed by atoms with E-state index in [-0.39, 0.29) is 16.7 Å². The molecule has 112 valence electrons. The lowest BCUT2D eigenvalue weighted by Gasteiger charge is -2.10. The Morgan fingerprint density at radius 2 is 1.62 bits per heavy atom. The van der Waals surface area contributed by atoms with Gasteiger partial charge in [-0.2, -0.15) is 9.97 Å². The lowest BCUT2D eigenvalue weighted by Crippen LogP contribution is -2.15. The van der Waals surface area contributed by atoms with Gasteiger partial charge in [0.25, 0.3) is 10.0 Å². The van der Waals surface area contributed by atoms with Crippen molar-refractivity contribution in [1.82, 2.24) is 9.97 Å². The third kappa shape index (κ3) is 3.57. The topological polar surface area (TPSA) is 96.0 Å². The molecule has 0 amide bonds. The number of hydrogen-bond donors (Lipinski definition) is 3. The van der Waals surface area contributed by atoms with Crippen LogP contribution in [-0.4, -0.2) is 32.5 Å². The standard InChI is InChI=1S/C12H14FN5O2S/c1-14-10-7-11(17-12(15-2)16-10)18-21(19,20)9-5-3-8(13)4-6-9/h3-7H,1-2H3,(H3,14,15,16,17,18). The number of nitrogens with one attached hydrogen (secondary N) is 3. The lowest BCUT2D eigenvalue weighted by atomic mass is 10.4. The van der Waals surface area contributed by atoms with Crippen molar-refractivity contribution in [2.24, 2.45) is 0 Å². The SMILES string of the molecule is CNc1cc(NS(=O)(=O)c2ccc(F)cc2)nc(NC)n1. The van der Waals surface area contributed by atoms with Crippen LogP contribution in [0.4, 0.5) is 22.0 Å². The number of benzene rings is 1. The van der Waals surface area contributed by atoms with Crippen LogP contribution in [0.2, 0.25) is 0 Å². The fraction of sp³-hybridized carbons (Fsp3) is 0.167. The molecule has 0 radical (unpaired) electrons. The molecule has 0 aliphatic carbocycles. The maximum atomic E-state index is 12.8. The monoisotopic (exact) mass is 311 g/mol. The minimum absolute atomic E-state index is 0.0560. The van der Waals surface area contributed by atoms with Crippen LogP contribution < -0.4 is 15.4 Å². The molecule has 0 aliphatic rings. The van der Waals surface area contributed by atoms with Gasteiger partial charge >= 0.3 is 0 Å². The zero-order valence-corrected chi connectivity index (χ0v) is 12.2. The fourth-order valence-corrected chi connectivity index (χ4v) is 2.54. The molecular weight excluding hydrogens is 297 g/mol. The smallest absolute Gasteiger partial charge is 0.263 e. The van der Waals surface area contributed by atoms with Gasteiger partial charge in [0.05, 0.1) is 4.90 Å². The highest BCUT2D eigenvalue weighted by atomic mass is 32.2. The Bertz CT molecular complexity index is 712. The Balaban J connectivity index is 2.34. The Morgan fingerprint density at radius 1 is 1.00 bits per heavy atom. The van der Waals surface area contributed by atoms with Crippen molar-refractivity contribution in [2.45, 2.75) is 4.90 Å². The summed E-state index contributed by atoms with van der Waals surface area (Å²) in [6, 6.07) is 5.95. The molecule has 9 heteroatoms. The third-order valence-corrected chi connectivity index (χ3v) is 3.94. The maximum Gasteiger partial charge on any atom is 0.263 e. The van der Waals surface area contributed by atoms with E-state index in [1.54, 1.807) is 14.1 Å². The molecule has 0 saturated heterocycles. The molecule has 2 aromatic rings. The summed E-state index contributed by atoms with van der Waals surface area (Å²) in [5.41, 5.74) is 0. The number of nitrogens with zero attached hydrogens (tertiary/aromatic N) is 2. The first-order valence-corrected chi connectivity index (χ1v) is 7.46. The highest BCUT2D eigenvalue weighted by Crippen LogP contribution is 2.18. The Labute approximate surface area is 121 Å². The van der Waals surface area contributed by atoms with Gasteiger partial charge in [-0.15, -0.1) is 0 Å². The first-order valence-electron chi connectivity index (χ1n) is 5.97. The van der Waals surface area contributed by atoms with E-state index in [1.165, 1.54) is 18.2 Å². The van der Waals surface area contributed by atoms with Gasteiger partial charge in [-0.1, -0.05) is 0 Å². The van der Waals surface area contributed by atoms with Gasteiger partial charge in [0.2, 0.25) is 5.95 Å². The highest BCUT2D eigenvalue weighted by Gasteiger charge is 2.16. The van der Waals surface area contributed by atoms with Crippen molar-refractivity contribution < 1.29 is 12.8 Å². The molecule has 0 fully saturated rings. The van der Waals surface area contributed by atoms with Crippen LogP contribution in [0.25, 0.3) is 0 Å². The second kappa shape index (κ2) is 5.92. The van der Waals surface area contributed by atoms with Gasteiger partial charge in [0, 0.05) is 20.2 Å². The van der Waals surface area contributed by atoms with Gasteiger partial charge in [-0.25, -0.2) is 12.8 Å². The molecule has 2 rings (SSSR count). The normalized spacial score (nSPS) is 11.0. The Hall–Kier alpha value is -2.42. The van der Waals surface area contributed by atoms with Crippen molar-refractivity contribution >= 4 is 27.6 Å². The Kier molecular flexibility index (Phi) is 4.22. The number of halogens is 1. The molecule has 1 aromatic heterocycles. The van der Waals surface area contributed by atoms with E-state index in [9.17, 15) is 12.8 Å². The molecular formula is C12H14FN5O2S. The summed E-state index contributed by atoms with van der Waals surface area (Å²) in [7, 11) is -0.572. The summed E-state index contributed by atoms with van der Waals surface area (Å²) in [6.07, 6.45) is 0. The van der Waals surface area contributed by atoms with Crippen LogP contribution in [0.15, 0.2) is 35.2 Å². The first kappa shape index (κ1) is 15.0. The van der Waals surface area contributed by atoms with Crippen LogP contribution in [-0.2, 0) is 10.0 Å². The van der Waals surface area contributed by atoms with E-state index in [1.807, 2.05) is 0 Å². The number of aromatic nitrogens is 2. The van der Waals surface area contributed by atoms with Crippen molar-refractivity contribution in [2.75, 3.05) is 29.5 Å². The molecule has 3 N–H and O–H groups in total. The van der Waals surface area contributed by atoms with Crippen LogP contribution >= 0.6 is 0 Å². The van der Waals surface area contributed by atoms with E-state index in [4.69, 9.17) is 0 Å². The summed E-state index contributed by atoms with van der Waals surface area (Å²) in [5, 5.41) is 5.53. The van der Waals surface area contributed by atoms with Crippen LogP contribution in [0, 0.1) is 5.82 Å². The first-order chi connectivity index (χ1) is 9.94. The molecule has 0 spiro atoms. The summed E-state index contributed by atoms with van der Waals surface area (Å²) in [4.78, 5) is 8.01. The number of hydrogen-bond acceptors (Lipinski definition) is 6. The predicted octanol–water partition coefficient (Wildman–Crippen LogP) is 1.50. The van der Waals surface area contributed by atoms with E-state index < -0.39 is 15.8 Å². The zero-order valence-electron chi connectivity index (χ0n) is 11.4. The van der Waals surface area contributed by atoms with E-state index in [0.29, 0.717) is 5.82 Å². The van der Waals surface area contributed by atoms with Crippen molar-refractivity contribution in [3.63, 3.8) is 0 Å². The molecule has 0 saturated carbocycles. The van der Waals surface area contributed by atoms with E-state index in [0.717, 1.165) is 12.1 Å². The van der Waals surface area contributed by atoms with E-state index >= 15 is 0 Å². The molecule has 7 nitrogen and oxygen atoms in total. The van der Waals surface area contributed by atoms with E-state index in [2.05, 4.69) is 25.3 Å². The fourth-order valence-electron chi connectivity index (χ4n) is 1.55. The number of anilines is 3. The van der Waals surface area contributed by atoms with Gasteiger partial charge in [-0.05, 0) is 24.3 Å². The van der Waals surface area contributed by atoms with Gasteiger partial charge in [0.15, 0.2) is 0 Å².